The Morgan fingerprint density at radius 3 is 2.17 bits per heavy atom. The lowest BCUT2D eigenvalue weighted by Crippen LogP contribution is -2.33. The molecular weight excluding hydrogens is 148 g/mol. The van der Waals surface area contributed by atoms with Crippen LogP contribution in [-0.2, 0) is 0 Å². The lowest BCUT2D eigenvalue weighted by molar-refractivity contribution is 0.0274. The van der Waals surface area contributed by atoms with Crippen LogP contribution in [0.5, 0.6) is 0 Å². The Hall–Kier alpha value is -0.0400. The third-order valence-corrected chi connectivity index (χ3v) is 3.35. The van der Waals surface area contributed by atoms with Gasteiger partial charge in [0, 0.05) is 0 Å². The van der Waals surface area contributed by atoms with Crippen molar-refractivity contribution in [2.24, 2.45) is 17.3 Å². The van der Waals surface area contributed by atoms with Gasteiger partial charge in [-0.2, -0.15) is 0 Å². The summed E-state index contributed by atoms with van der Waals surface area (Å²) in [6.45, 7) is 9.09. The number of aliphatic hydroxyl groups is 1. The van der Waals surface area contributed by atoms with Crippen LogP contribution in [0.25, 0.3) is 0 Å². The van der Waals surface area contributed by atoms with E-state index in [1.54, 1.807) is 0 Å². The van der Waals surface area contributed by atoms with Gasteiger partial charge in [-0.1, -0.05) is 27.7 Å². The van der Waals surface area contributed by atoms with E-state index in [-0.39, 0.29) is 6.10 Å². The van der Waals surface area contributed by atoms with Gasteiger partial charge in [0.05, 0.1) is 6.10 Å². The molecule has 0 aromatic heterocycles. The van der Waals surface area contributed by atoms with Crippen molar-refractivity contribution < 1.29 is 5.11 Å². The summed E-state index contributed by atoms with van der Waals surface area (Å²) in [5, 5.41) is 9.56. The largest absolute Gasteiger partial charge is 0.393 e. The Kier molecular flexibility index (Phi) is 2.82. The minimum absolute atomic E-state index is 0.0383. The third kappa shape index (κ3) is 2.22. The fraction of sp³-hybridized carbons (Fsp3) is 1.00. The average molecular weight is 170 g/mol. The topological polar surface area (TPSA) is 20.2 Å². The second-order valence-corrected chi connectivity index (χ2v) is 5.42. The quantitative estimate of drug-likeness (QED) is 0.592. The van der Waals surface area contributed by atoms with Gasteiger partial charge in [0.15, 0.2) is 0 Å². The van der Waals surface area contributed by atoms with Gasteiger partial charge < -0.3 is 5.11 Å². The van der Waals surface area contributed by atoms with E-state index in [1.165, 1.54) is 12.8 Å². The van der Waals surface area contributed by atoms with E-state index in [9.17, 15) is 5.11 Å². The van der Waals surface area contributed by atoms with Gasteiger partial charge >= 0.3 is 0 Å². The summed E-state index contributed by atoms with van der Waals surface area (Å²) in [7, 11) is 0. The molecule has 0 aliphatic heterocycles. The average Bonchev–Trinajstić information content (AvgIpc) is 1.92. The number of aliphatic hydroxyl groups excluding tert-OH is 1. The van der Waals surface area contributed by atoms with Crippen LogP contribution in [0.4, 0.5) is 0 Å². The van der Waals surface area contributed by atoms with Gasteiger partial charge in [-0.25, -0.2) is 0 Å². The minimum Gasteiger partial charge on any atom is -0.393 e. The molecule has 3 atom stereocenters. The summed E-state index contributed by atoms with van der Waals surface area (Å²) in [5.41, 5.74) is 0.425. The molecule has 1 N–H and O–H groups in total. The molecule has 1 saturated carbocycles. The van der Waals surface area contributed by atoms with E-state index in [1.807, 2.05) is 0 Å². The first-order chi connectivity index (χ1) is 5.41. The van der Waals surface area contributed by atoms with Crippen molar-refractivity contribution in [1.82, 2.24) is 0 Å². The second-order valence-electron chi connectivity index (χ2n) is 5.42. The van der Waals surface area contributed by atoms with Gasteiger partial charge in [0.2, 0.25) is 0 Å². The van der Waals surface area contributed by atoms with Crippen molar-refractivity contribution in [1.29, 1.82) is 0 Å². The lowest BCUT2D eigenvalue weighted by atomic mass is 9.69. The van der Waals surface area contributed by atoms with Crippen LogP contribution in [0.3, 0.4) is 0 Å². The van der Waals surface area contributed by atoms with Gasteiger partial charge in [0.1, 0.15) is 0 Å². The molecule has 0 bridgehead atoms. The maximum atomic E-state index is 9.56. The van der Waals surface area contributed by atoms with Crippen molar-refractivity contribution in [2.45, 2.75) is 53.1 Å². The second kappa shape index (κ2) is 3.37. The molecule has 1 aliphatic rings. The van der Waals surface area contributed by atoms with Crippen LogP contribution >= 0.6 is 0 Å². The van der Waals surface area contributed by atoms with Crippen LogP contribution in [0.1, 0.15) is 47.0 Å². The Morgan fingerprint density at radius 1 is 1.17 bits per heavy atom. The molecule has 0 radical (unpaired) electrons. The fourth-order valence-corrected chi connectivity index (χ4v) is 2.17. The summed E-state index contributed by atoms with van der Waals surface area (Å²) in [4.78, 5) is 0. The highest BCUT2D eigenvalue weighted by atomic mass is 16.3. The monoisotopic (exact) mass is 170 g/mol. The number of hydrogen-bond donors (Lipinski definition) is 1. The fourth-order valence-electron chi connectivity index (χ4n) is 2.17. The first-order valence-corrected chi connectivity index (χ1v) is 5.09. The van der Waals surface area contributed by atoms with E-state index in [4.69, 9.17) is 0 Å². The minimum atomic E-state index is -0.0383. The zero-order chi connectivity index (χ0) is 9.35. The molecular formula is C11H22O. The van der Waals surface area contributed by atoms with Crippen molar-refractivity contribution in [3.63, 3.8) is 0 Å². The van der Waals surface area contributed by atoms with Crippen molar-refractivity contribution in [2.75, 3.05) is 0 Å². The summed E-state index contributed by atoms with van der Waals surface area (Å²) in [6, 6.07) is 0. The third-order valence-electron chi connectivity index (χ3n) is 3.35. The van der Waals surface area contributed by atoms with E-state index in [0.29, 0.717) is 11.3 Å². The molecule has 0 spiro atoms. The highest BCUT2D eigenvalue weighted by molar-refractivity contribution is 4.83. The van der Waals surface area contributed by atoms with Crippen LogP contribution in [-0.4, -0.2) is 11.2 Å². The first kappa shape index (κ1) is 10.0. The summed E-state index contributed by atoms with van der Waals surface area (Å²) in [5.74, 6) is 1.30. The Labute approximate surface area is 76.2 Å². The van der Waals surface area contributed by atoms with Gasteiger partial charge in [-0.3, -0.25) is 0 Å². The Morgan fingerprint density at radius 2 is 1.75 bits per heavy atom. The molecule has 72 valence electrons. The van der Waals surface area contributed by atoms with E-state index < -0.39 is 0 Å². The SMILES string of the molecule is CC1CC(C(C)(C)C)CCC1O. The number of rotatable bonds is 0. The van der Waals surface area contributed by atoms with Crippen molar-refractivity contribution >= 4 is 0 Å². The molecule has 0 aromatic carbocycles. The maximum Gasteiger partial charge on any atom is 0.0566 e. The summed E-state index contributed by atoms with van der Waals surface area (Å²) in [6.07, 6.45) is 3.37. The van der Waals surface area contributed by atoms with Gasteiger partial charge in [0.25, 0.3) is 0 Å². The molecule has 1 heteroatoms. The predicted molar refractivity (Wildman–Crippen MR) is 52.0 cm³/mol. The summed E-state index contributed by atoms with van der Waals surface area (Å²) >= 11 is 0. The maximum absolute atomic E-state index is 9.56. The molecule has 0 saturated heterocycles. The number of hydrogen-bond acceptors (Lipinski definition) is 1. The molecule has 1 aliphatic carbocycles. The van der Waals surface area contributed by atoms with E-state index >= 15 is 0 Å². The smallest absolute Gasteiger partial charge is 0.0566 e. The molecule has 0 aromatic rings. The molecule has 12 heavy (non-hydrogen) atoms. The summed E-state index contributed by atoms with van der Waals surface area (Å²) < 4.78 is 0. The Balaban J connectivity index is 2.51. The van der Waals surface area contributed by atoms with Crippen molar-refractivity contribution in [3.05, 3.63) is 0 Å². The van der Waals surface area contributed by atoms with Crippen LogP contribution < -0.4 is 0 Å². The zero-order valence-corrected chi connectivity index (χ0v) is 8.80. The predicted octanol–water partition coefficient (Wildman–Crippen LogP) is 2.83. The standard InChI is InChI=1S/C11H22O/c1-8-7-9(11(2,3)4)5-6-10(8)12/h8-10,12H,5-7H2,1-4H3. The molecule has 0 heterocycles. The zero-order valence-electron chi connectivity index (χ0n) is 8.80. The van der Waals surface area contributed by atoms with Crippen LogP contribution in [0, 0.1) is 17.3 Å². The van der Waals surface area contributed by atoms with E-state index in [2.05, 4.69) is 27.7 Å². The highest BCUT2D eigenvalue weighted by Gasteiger charge is 2.32. The van der Waals surface area contributed by atoms with Gasteiger partial charge in [-0.15, -0.1) is 0 Å². The first-order valence-electron chi connectivity index (χ1n) is 5.09. The lowest BCUT2D eigenvalue weighted by Gasteiger charge is -2.38. The Bertz CT molecular complexity index is 146. The normalized spacial score (nSPS) is 38.2. The van der Waals surface area contributed by atoms with Crippen LogP contribution in [0.2, 0.25) is 0 Å². The molecule has 0 amide bonds. The molecule has 3 unspecified atom stereocenters. The molecule has 1 rings (SSSR count). The van der Waals surface area contributed by atoms with E-state index in [0.717, 1.165) is 12.3 Å². The van der Waals surface area contributed by atoms with Crippen molar-refractivity contribution in [3.8, 4) is 0 Å². The van der Waals surface area contributed by atoms with Crippen LogP contribution in [0.15, 0.2) is 0 Å². The highest BCUT2D eigenvalue weighted by Crippen LogP contribution is 2.39. The molecule has 1 fully saturated rings. The van der Waals surface area contributed by atoms with Gasteiger partial charge in [-0.05, 0) is 36.5 Å². The molecule has 1 nitrogen and oxygen atoms in total.